The number of hydrogen-bond acceptors (Lipinski definition) is 3. The fraction of sp³-hybridized carbons (Fsp3) is 0.500. The summed E-state index contributed by atoms with van der Waals surface area (Å²) >= 11 is 0. The van der Waals surface area contributed by atoms with E-state index >= 15 is 0 Å². The van der Waals surface area contributed by atoms with Crippen LogP contribution in [0.2, 0.25) is 0 Å². The Hall–Kier alpha value is -1.55. The van der Waals surface area contributed by atoms with Crippen LogP contribution in [0.4, 0.5) is 0 Å². The quantitative estimate of drug-likeness (QED) is 0.810. The van der Waals surface area contributed by atoms with E-state index in [0.29, 0.717) is 6.54 Å². The van der Waals surface area contributed by atoms with Gasteiger partial charge in [0.25, 0.3) is 0 Å². The van der Waals surface area contributed by atoms with Crippen LogP contribution in [-0.4, -0.2) is 23.7 Å². The minimum Gasteiger partial charge on any atom is -0.497 e. The Morgan fingerprint density at radius 1 is 1.44 bits per heavy atom. The molecule has 0 aromatic heterocycles. The van der Waals surface area contributed by atoms with Gasteiger partial charge in [-0.2, -0.15) is 0 Å². The van der Waals surface area contributed by atoms with Gasteiger partial charge < -0.3 is 9.84 Å². The minimum absolute atomic E-state index is 0.258. The van der Waals surface area contributed by atoms with E-state index in [1.807, 2.05) is 24.3 Å². The first-order chi connectivity index (χ1) is 8.56. The lowest BCUT2D eigenvalue weighted by atomic mass is 9.95. The second kappa shape index (κ2) is 4.98. The van der Waals surface area contributed by atoms with Gasteiger partial charge in [0, 0.05) is 6.54 Å². The maximum Gasteiger partial charge on any atom is 0.323 e. The van der Waals surface area contributed by atoms with E-state index in [9.17, 15) is 9.90 Å². The van der Waals surface area contributed by atoms with Crippen LogP contribution in [0, 0.1) is 5.92 Å². The van der Waals surface area contributed by atoms with Gasteiger partial charge in [-0.25, -0.2) is 0 Å². The van der Waals surface area contributed by atoms with Gasteiger partial charge in [0.1, 0.15) is 11.3 Å². The standard InChI is InChI=1S/C14H19NO3/c1-14(13(16)17,11-5-6-11)15-9-10-3-7-12(18-2)8-4-10/h3-4,7-8,11,15H,5-6,9H2,1-2H3,(H,16,17). The monoisotopic (exact) mass is 249 g/mol. The number of ether oxygens (including phenoxy) is 1. The maximum atomic E-state index is 11.3. The normalized spacial score (nSPS) is 18.1. The van der Waals surface area contributed by atoms with Crippen LogP contribution in [0.25, 0.3) is 0 Å². The summed E-state index contributed by atoms with van der Waals surface area (Å²) in [5.74, 6) is 0.300. The van der Waals surface area contributed by atoms with E-state index in [0.717, 1.165) is 24.2 Å². The summed E-state index contributed by atoms with van der Waals surface area (Å²) in [6.07, 6.45) is 2.00. The highest BCUT2D eigenvalue weighted by Gasteiger charge is 2.46. The lowest BCUT2D eigenvalue weighted by Crippen LogP contribution is -2.51. The first kappa shape index (κ1) is 12.9. The van der Waals surface area contributed by atoms with Gasteiger partial charge in [0.05, 0.1) is 7.11 Å². The fourth-order valence-electron chi connectivity index (χ4n) is 2.08. The number of nitrogens with one attached hydrogen (secondary N) is 1. The van der Waals surface area contributed by atoms with E-state index in [1.54, 1.807) is 14.0 Å². The van der Waals surface area contributed by atoms with Gasteiger partial charge >= 0.3 is 5.97 Å². The molecule has 0 spiro atoms. The second-order valence-corrected chi connectivity index (χ2v) is 4.98. The predicted octanol–water partition coefficient (Wildman–Crippen LogP) is 2.04. The molecule has 4 heteroatoms. The first-order valence-electron chi connectivity index (χ1n) is 6.17. The molecule has 0 radical (unpaired) electrons. The molecule has 18 heavy (non-hydrogen) atoms. The van der Waals surface area contributed by atoms with Gasteiger partial charge in [-0.15, -0.1) is 0 Å². The van der Waals surface area contributed by atoms with Crippen LogP contribution in [0.15, 0.2) is 24.3 Å². The van der Waals surface area contributed by atoms with Crippen LogP contribution < -0.4 is 10.1 Å². The summed E-state index contributed by atoms with van der Waals surface area (Å²) in [6.45, 7) is 2.33. The van der Waals surface area contributed by atoms with E-state index in [4.69, 9.17) is 4.74 Å². The van der Waals surface area contributed by atoms with Crippen molar-refractivity contribution in [1.82, 2.24) is 5.32 Å². The van der Waals surface area contributed by atoms with Crippen molar-refractivity contribution in [3.8, 4) is 5.75 Å². The van der Waals surface area contributed by atoms with Crippen molar-refractivity contribution in [3.05, 3.63) is 29.8 Å². The maximum absolute atomic E-state index is 11.3. The molecule has 0 bridgehead atoms. The number of hydrogen-bond donors (Lipinski definition) is 2. The van der Waals surface area contributed by atoms with Crippen LogP contribution in [0.5, 0.6) is 5.75 Å². The Bertz CT molecular complexity index is 425. The molecule has 4 nitrogen and oxygen atoms in total. The first-order valence-corrected chi connectivity index (χ1v) is 6.17. The summed E-state index contributed by atoms with van der Waals surface area (Å²) in [7, 11) is 1.63. The number of carboxylic acid groups (broad SMARTS) is 1. The Balaban J connectivity index is 1.98. The number of carbonyl (C=O) groups is 1. The number of rotatable bonds is 6. The molecule has 1 aliphatic carbocycles. The molecular weight excluding hydrogens is 230 g/mol. The SMILES string of the molecule is COc1ccc(CNC(C)(C(=O)O)C2CC2)cc1. The smallest absolute Gasteiger partial charge is 0.323 e. The van der Waals surface area contributed by atoms with Gasteiger partial charge in [0.2, 0.25) is 0 Å². The van der Waals surface area contributed by atoms with Crippen LogP contribution in [0.3, 0.4) is 0 Å². The number of carboxylic acids is 1. The summed E-state index contributed by atoms with van der Waals surface area (Å²) < 4.78 is 5.09. The van der Waals surface area contributed by atoms with Crippen molar-refractivity contribution in [3.63, 3.8) is 0 Å². The van der Waals surface area contributed by atoms with Gasteiger partial charge in [-0.05, 0) is 43.4 Å². The second-order valence-electron chi connectivity index (χ2n) is 4.98. The highest BCUT2D eigenvalue weighted by molar-refractivity contribution is 5.79. The van der Waals surface area contributed by atoms with Crippen molar-refractivity contribution in [2.75, 3.05) is 7.11 Å². The third-order valence-electron chi connectivity index (χ3n) is 3.66. The highest BCUT2D eigenvalue weighted by atomic mass is 16.5. The minimum atomic E-state index is -0.806. The van der Waals surface area contributed by atoms with Crippen LogP contribution in [0.1, 0.15) is 25.3 Å². The fourth-order valence-corrected chi connectivity index (χ4v) is 2.08. The van der Waals surface area contributed by atoms with Crippen LogP contribution in [-0.2, 0) is 11.3 Å². The molecule has 1 aliphatic rings. The molecule has 0 saturated heterocycles. The molecule has 2 rings (SSSR count). The molecule has 0 heterocycles. The Kier molecular flexibility index (Phi) is 3.57. The molecule has 1 atom stereocenters. The zero-order chi connectivity index (χ0) is 13.2. The zero-order valence-electron chi connectivity index (χ0n) is 10.8. The molecule has 1 unspecified atom stereocenters. The van der Waals surface area contributed by atoms with Crippen molar-refractivity contribution in [1.29, 1.82) is 0 Å². The summed E-state index contributed by atoms with van der Waals surface area (Å²) in [6, 6.07) is 7.65. The third kappa shape index (κ3) is 2.64. The highest BCUT2D eigenvalue weighted by Crippen LogP contribution is 2.39. The molecule has 1 aromatic carbocycles. The average Bonchev–Trinajstić information content (AvgIpc) is 3.21. The number of methoxy groups -OCH3 is 1. The largest absolute Gasteiger partial charge is 0.497 e. The van der Waals surface area contributed by atoms with E-state index < -0.39 is 11.5 Å². The molecule has 98 valence electrons. The molecule has 0 aliphatic heterocycles. The zero-order valence-corrected chi connectivity index (χ0v) is 10.8. The molecular formula is C14H19NO3. The van der Waals surface area contributed by atoms with Crippen molar-refractivity contribution < 1.29 is 14.6 Å². The summed E-state index contributed by atoms with van der Waals surface area (Å²) in [5, 5.41) is 12.5. The molecule has 1 fully saturated rings. The van der Waals surface area contributed by atoms with E-state index in [-0.39, 0.29) is 5.92 Å². The molecule has 1 aromatic rings. The predicted molar refractivity (Wildman–Crippen MR) is 68.6 cm³/mol. The van der Waals surface area contributed by atoms with Gasteiger partial charge in [0.15, 0.2) is 0 Å². The van der Waals surface area contributed by atoms with Crippen molar-refractivity contribution in [2.24, 2.45) is 5.92 Å². The third-order valence-corrected chi connectivity index (χ3v) is 3.66. The van der Waals surface area contributed by atoms with Gasteiger partial charge in [-0.1, -0.05) is 12.1 Å². The summed E-state index contributed by atoms with van der Waals surface area (Å²) in [4.78, 5) is 11.3. The Morgan fingerprint density at radius 3 is 2.50 bits per heavy atom. The topological polar surface area (TPSA) is 58.6 Å². The molecule has 2 N–H and O–H groups in total. The molecule has 1 saturated carbocycles. The number of aliphatic carboxylic acids is 1. The summed E-state index contributed by atoms with van der Waals surface area (Å²) in [5.41, 5.74) is 0.254. The Labute approximate surface area is 107 Å². The van der Waals surface area contributed by atoms with E-state index in [2.05, 4.69) is 5.32 Å². The lowest BCUT2D eigenvalue weighted by molar-refractivity contribution is -0.145. The molecule has 0 amide bonds. The lowest BCUT2D eigenvalue weighted by Gasteiger charge is -2.26. The van der Waals surface area contributed by atoms with Crippen molar-refractivity contribution >= 4 is 5.97 Å². The van der Waals surface area contributed by atoms with Crippen molar-refractivity contribution in [2.45, 2.75) is 31.8 Å². The number of benzene rings is 1. The average molecular weight is 249 g/mol. The van der Waals surface area contributed by atoms with E-state index in [1.165, 1.54) is 0 Å². The van der Waals surface area contributed by atoms with Gasteiger partial charge in [-0.3, -0.25) is 10.1 Å². The Morgan fingerprint density at radius 2 is 2.06 bits per heavy atom. The van der Waals surface area contributed by atoms with Crippen LogP contribution >= 0.6 is 0 Å².